The van der Waals surface area contributed by atoms with Crippen molar-refractivity contribution < 1.29 is 55.6 Å². The molecule has 63 heavy (non-hydrogen) atoms. The number of hydrogen-bond acceptors (Lipinski definition) is 10. The number of halogens is 2. The summed E-state index contributed by atoms with van der Waals surface area (Å²) in [6, 6.07) is 23.6. The molecule has 0 spiro atoms. The van der Waals surface area contributed by atoms with E-state index in [9.17, 15) is 36.7 Å². The molecule has 1 unspecified atom stereocenters. The molecule has 14 nitrogen and oxygen atoms in total. The normalized spacial score (nSPS) is 13.9. The number of sulfonamides is 1. The Labute approximate surface area is 368 Å². The SMILES string of the molecule is COCCOC(CCc1ccccc1)c1cc(C(=O)N[C@@H](COc2cc(F)cc(F)c2)[C@@H](O)C[C@@H](OC)C(=O)N[C@H](C(=O)NCc2ccccc2)C(C)C)cc(N(C)S(C)(=O)=O)c1. The van der Waals surface area contributed by atoms with Crippen LogP contribution in [0.5, 0.6) is 5.75 Å². The van der Waals surface area contributed by atoms with Gasteiger partial charge in [-0.1, -0.05) is 74.5 Å². The molecule has 0 aliphatic rings. The fraction of sp³-hybridized carbons (Fsp3) is 0.413. The highest BCUT2D eigenvalue weighted by molar-refractivity contribution is 7.92. The zero-order chi connectivity index (χ0) is 46.1. The van der Waals surface area contributed by atoms with Gasteiger partial charge in [0.1, 0.15) is 36.1 Å². The number of aryl methyl sites for hydroxylation is 1. The Bertz CT molecular complexity index is 2180. The molecule has 4 rings (SSSR count). The molecule has 5 atom stereocenters. The maximum atomic E-state index is 14.3. The second kappa shape index (κ2) is 24.4. The van der Waals surface area contributed by atoms with E-state index in [4.69, 9.17) is 18.9 Å². The number of amides is 3. The van der Waals surface area contributed by atoms with Gasteiger partial charge in [-0.25, -0.2) is 17.2 Å². The fourth-order valence-corrected chi connectivity index (χ4v) is 7.04. The van der Waals surface area contributed by atoms with Crippen LogP contribution in [-0.2, 0) is 46.8 Å². The summed E-state index contributed by atoms with van der Waals surface area (Å²) >= 11 is 0. The van der Waals surface area contributed by atoms with Gasteiger partial charge in [0, 0.05) is 58.0 Å². The quantitative estimate of drug-likeness (QED) is 0.0654. The third-order valence-electron chi connectivity index (χ3n) is 10.2. The average Bonchev–Trinajstić information content (AvgIpc) is 3.25. The molecule has 0 aliphatic heterocycles. The van der Waals surface area contributed by atoms with E-state index in [2.05, 4.69) is 16.0 Å². The number of anilines is 1. The van der Waals surface area contributed by atoms with Crippen molar-refractivity contribution in [1.82, 2.24) is 16.0 Å². The van der Waals surface area contributed by atoms with Crippen molar-refractivity contribution in [3.63, 3.8) is 0 Å². The lowest BCUT2D eigenvalue weighted by molar-refractivity contribution is -0.137. The summed E-state index contributed by atoms with van der Waals surface area (Å²) in [6.45, 7) is 3.67. The van der Waals surface area contributed by atoms with Crippen LogP contribution in [0.2, 0.25) is 0 Å². The lowest BCUT2D eigenvalue weighted by atomic mass is 9.98. The van der Waals surface area contributed by atoms with E-state index < -0.39 is 82.8 Å². The molecule has 0 saturated carbocycles. The number of rotatable bonds is 25. The predicted molar refractivity (Wildman–Crippen MR) is 235 cm³/mol. The molecule has 342 valence electrons. The monoisotopic (exact) mass is 896 g/mol. The highest BCUT2D eigenvalue weighted by Crippen LogP contribution is 2.30. The molecule has 17 heteroatoms. The first-order valence-electron chi connectivity index (χ1n) is 20.4. The van der Waals surface area contributed by atoms with Crippen molar-refractivity contribution >= 4 is 33.4 Å². The number of carbonyl (C=O) groups excluding carboxylic acids is 3. The first-order valence-corrected chi connectivity index (χ1v) is 22.3. The van der Waals surface area contributed by atoms with Crippen LogP contribution < -0.4 is 25.0 Å². The maximum Gasteiger partial charge on any atom is 0.251 e. The standard InChI is InChI=1S/C46H58F2N4O10S/c1-30(2)43(46(56)49-28-32-15-11-8-12-16-32)51-45(55)42(60-5)27-40(53)39(29-62-38-25-35(47)24-36(48)26-38)50-44(54)34-21-33(22-37(23-34)52(3)63(6,57)58)41(61-20-19-59-4)18-17-31-13-9-7-10-14-31/h7-16,21-26,30,39-43,53H,17-20,27-29H2,1-6H3,(H,49,56)(H,50,54)(H,51,55)/t39-,40-,41?,42+,43-/m0/s1. The van der Waals surface area contributed by atoms with Gasteiger partial charge in [-0.3, -0.25) is 18.7 Å². The molecule has 3 amide bonds. The van der Waals surface area contributed by atoms with E-state index in [1.165, 1.54) is 27.3 Å². The van der Waals surface area contributed by atoms with E-state index in [0.29, 0.717) is 24.5 Å². The van der Waals surface area contributed by atoms with Crippen molar-refractivity contribution in [3.8, 4) is 5.75 Å². The van der Waals surface area contributed by atoms with Crippen LogP contribution in [0, 0.1) is 17.6 Å². The molecular formula is C46H58F2N4O10S. The topological polar surface area (TPSA) is 182 Å². The van der Waals surface area contributed by atoms with Gasteiger partial charge in [0.25, 0.3) is 5.91 Å². The molecule has 4 aromatic rings. The predicted octanol–water partition coefficient (Wildman–Crippen LogP) is 5.10. The lowest BCUT2D eigenvalue weighted by Gasteiger charge is -2.29. The van der Waals surface area contributed by atoms with Crippen molar-refractivity contribution in [1.29, 1.82) is 0 Å². The van der Waals surface area contributed by atoms with Gasteiger partial charge in [-0.05, 0) is 53.6 Å². The Morgan fingerprint density at radius 2 is 1.46 bits per heavy atom. The van der Waals surface area contributed by atoms with Crippen molar-refractivity contribution in [3.05, 3.63) is 131 Å². The summed E-state index contributed by atoms with van der Waals surface area (Å²) < 4.78 is 77.4. The Kier molecular flexibility index (Phi) is 19.4. The summed E-state index contributed by atoms with van der Waals surface area (Å²) in [5.41, 5.74) is 2.50. The Balaban J connectivity index is 1.63. The molecule has 0 bridgehead atoms. The molecule has 0 radical (unpaired) electrons. The van der Waals surface area contributed by atoms with E-state index in [-0.39, 0.29) is 42.7 Å². The Morgan fingerprint density at radius 1 is 0.825 bits per heavy atom. The number of nitrogens with zero attached hydrogens (tertiary/aromatic N) is 1. The zero-order valence-electron chi connectivity index (χ0n) is 36.4. The van der Waals surface area contributed by atoms with Gasteiger partial charge in [0.2, 0.25) is 21.8 Å². The molecule has 0 fully saturated rings. The molecule has 4 N–H and O–H groups in total. The third kappa shape index (κ3) is 16.0. The molecule has 0 aromatic heterocycles. The molecule has 0 saturated heterocycles. The van der Waals surface area contributed by atoms with Crippen LogP contribution in [-0.4, -0.2) is 103 Å². The molecular weight excluding hydrogens is 839 g/mol. The Morgan fingerprint density at radius 3 is 2.05 bits per heavy atom. The van der Waals surface area contributed by atoms with Gasteiger partial charge >= 0.3 is 0 Å². The summed E-state index contributed by atoms with van der Waals surface area (Å²) in [6.07, 6.45) is -1.93. The number of ether oxygens (including phenoxy) is 4. The maximum absolute atomic E-state index is 14.3. The number of methoxy groups -OCH3 is 2. The van der Waals surface area contributed by atoms with Crippen molar-refractivity contribution in [2.75, 3.05) is 51.6 Å². The molecule has 4 aromatic carbocycles. The van der Waals surface area contributed by atoms with Gasteiger partial charge in [-0.15, -0.1) is 0 Å². The minimum Gasteiger partial charge on any atom is -0.491 e. The van der Waals surface area contributed by atoms with Crippen molar-refractivity contribution in [2.45, 2.75) is 70.1 Å². The fourth-order valence-electron chi connectivity index (χ4n) is 6.56. The number of hydrogen-bond donors (Lipinski definition) is 4. The molecule has 0 heterocycles. The smallest absolute Gasteiger partial charge is 0.251 e. The van der Waals surface area contributed by atoms with Crippen LogP contribution in [0.1, 0.15) is 59.8 Å². The molecule has 0 aliphatic carbocycles. The Hall–Kier alpha value is -5.46. The number of nitrogens with one attached hydrogen (secondary N) is 3. The largest absolute Gasteiger partial charge is 0.491 e. The average molecular weight is 897 g/mol. The van der Waals surface area contributed by atoms with Crippen molar-refractivity contribution in [2.24, 2.45) is 5.92 Å². The minimum atomic E-state index is -3.82. The second-order valence-corrected chi connectivity index (χ2v) is 17.4. The summed E-state index contributed by atoms with van der Waals surface area (Å²) in [5.74, 6) is -4.38. The zero-order valence-corrected chi connectivity index (χ0v) is 37.2. The van der Waals surface area contributed by atoms with Crippen LogP contribution in [0.3, 0.4) is 0 Å². The number of aliphatic hydroxyl groups excluding tert-OH is 1. The highest BCUT2D eigenvalue weighted by Gasteiger charge is 2.33. The minimum absolute atomic E-state index is 0.0191. The van der Waals surface area contributed by atoms with Gasteiger partial charge < -0.3 is 40.0 Å². The van der Waals surface area contributed by atoms with Gasteiger partial charge in [-0.2, -0.15) is 0 Å². The first kappa shape index (κ1) is 50.2. The highest BCUT2D eigenvalue weighted by atomic mass is 32.2. The number of carbonyl (C=O) groups is 3. The second-order valence-electron chi connectivity index (χ2n) is 15.4. The van der Waals surface area contributed by atoms with Gasteiger partial charge in [0.15, 0.2) is 0 Å². The number of aliphatic hydroxyl groups is 1. The van der Waals surface area contributed by atoms with E-state index in [0.717, 1.165) is 33.8 Å². The first-order chi connectivity index (χ1) is 30.0. The lowest BCUT2D eigenvalue weighted by Crippen LogP contribution is -2.54. The van der Waals surface area contributed by atoms with E-state index in [1.807, 2.05) is 60.7 Å². The van der Waals surface area contributed by atoms with E-state index >= 15 is 0 Å². The van der Waals surface area contributed by atoms with Crippen LogP contribution >= 0.6 is 0 Å². The third-order valence-corrected chi connectivity index (χ3v) is 11.4. The number of benzene rings is 4. The summed E-state index contributed by atoms with van der Waals surface area (Å²) in [5, 5.41) is 19.9. The van der Waals surface area contributed by atoms with E-state index in [1.54, 1.807) is 26.0 Å². The van der Waals surface area contributed by atoms with Gasteiger partial charge in [0.05, 0.1) is 43.4 Å². The van der Waals surface area contributed by atoms with Crippen LogP contribution in [0.25, 0.3) is 0 Å². The summed E-state index contributed by atoms with van der Waals surface area (Å²) in [7, 11) is 0.293. The van der Waals surface area contributed by atoms with Crippen LogP contribution in [0.15, 0.2) is 97.1 Å². The summed E-state index contributed by atoms with van der Waals surface area (Å²) in [4.78, 5) is 41.2. The van der Waals surface area contributed by atoms with Crippen LogP contribution in [0.4, 0.5) is 14.5 Å².